The van der Waals surface area contributed by atoms with Crippen molar-refractivity contribution in [3.05, 3.63) is 65.3 Å². The second-order valence-electron chi connectivity index (χ2n) is 5.01. The Labute approximate surface area is 128 Å². The van der Waals surface area contributed by atoms with E-state index in [4.69, 9.17) is 12.2 Å². The van der Waals surface area contributed by atoms with Gasteiger partial charge in [-0.05, 0) is 23.1 Å². The first-order chi connectivity index (χ1) is 9.84. The third-order valence-corrected chi connectivity index (χ3v) is 5.45. The minimum atomic E-state index is 0.332. The molecule has 0 bridgehead atoms. The van der Waals surface area contributed by atoms with Crippen LogP contribution in [0, 0.1) is 0 Å². The quantitative estimate of drug-likeness (QED) is 0.738. The van der Waals surface area contributed by atoms with Crippen molar-refractivity contribution in [2.75, 3.05) is 6.54 Å². The molecule has 0 spiro atoms. The summed E-state index contributed by atoms with van der Waals surface area (Å²) in [5, 5.41) is 2.56. The minimum absolute atomic E-state index is 0.332. The fourth-order valence-corrected chi connectivity index (χ4v) is 4.58. The zero-order chi connectivity index (χ0) is 13.5. The summed E-state index contributed by atoms with van der Waals surface area (Å²) in [6.07, 6.45) is 2.16. The van der Waals surface area contributed by atoms with Gasteiger partial charge in [0.25, 0.3) is 0 Å². The Balaban J connectivity index is 1.74. The van der Waals surface area contributed by atoms with Gasteiger partial charge in [0.2, 0.25) is 0 Å². The van der Waals surface area contributed by atoms with Crippen LogP contribution >= 0.6 is 24.0 Å². The van der Waals surface area contributed by atoms with Gasteiger partial charge in [-0.15, -0.1) is 11.8 Å². The maximum Gasteiger partial charge on any atom is 0.120 e. The number of aromatic nitrogens is 1. The van der Waals surface area contributed by atoms with Crippen LogP contribution in [0.15, 0.2) is 54.1 Å². The van der Waals surface area contributed by atoms with E-state index in [2.05, 4.69) is 57.5 Å². The highest BCUT2D eigenvalue weighted by molar-refractivity contribution is 8.02. The molecule has 2 aliphatic rings. The summed E-state index contributed by atoms with van der Waals surface area (Å²) in [6, 6.07) is 14.8. The molecular formula is C16H14N2S2. The Morgan fingerprint density at radius 3 is 2.75 bits per heavy atom. The van der Waals surface area contributed by atoms with Gasteiger partial charge in [-0.2, -0.15) is 0 Å². The van der Waals surface area contributed by atoms with Gasteiger partial charge in [-0.3, -0.25) is 0 Å². The smallest absolute Gasteiger partial charge is 0.120 e. The Hall–Kier alpha value is -1.52. The molecule has 2 nitrogen and oxygen atoms in total. The molecule has 0 fully saturated rings. The van der Waals surface area contributed by atoms with E-state index in [-0.39, 0.29) is 0 Å². The Kier molecular flexibility index (Phi) is 2.93. The summed E-state index contributed by atoms with van der Waals surface area (Å²) < 4.78 is 2.33. The first-order valence-electron chi connectivity index (χ1n) is 6.71. The lowest BCUT2D eigenvalue weighted by atomic mass is 10.1. The summed E-state index contributed by atoms with van der Waals surface area (Å²) >= 11 is 7.60. The van der Waals surface area contributed by atoms with Crippen LogP contribution in [-0.2, 0) is 6.54 Å². The number of thioether (sulfide) groups is 1. The second-order valence-corrected chi connectivity index (χ2v) is 6.35. The van der Waals surface area contributed by atoms with Crippen molar-refractivity contribution in [2.24, 2.45) is 0 Å². The Morgan fingerprint density at radius 2 is 1.90 bits per heavy atom. The van der Waals surface area contributed by atoms with Crippen molar-refractivity contribution in [2.45, 2.75) is 11.9 Å². The molecule has 20 heavy (non-hydrogen) atoms. The molecule has 1 aromatic carbocycles. The SMILES string of the molecule is S=C1C(c2ccccc2)=CSC2c3cccn3CCN12. The normalized spacial score (nSPS) is 21.2. The first-order valence-corrected chi connectivity index (χ1v) is 8.07. The Morgan fingerprint density at radius 1 is 1.05 bits per heavy atom. The molecule has 1 unspecified atom stereocenters. The topological polar surface area (TPSA) is 8.17 Å². The summed E-state index contributed by atoms with van der Waals surface area (Å²) in [5.74, 6) is 0. The minimum Gasteiger partial charge on any atom is -0.347 e. The van der Waals surface area contributed by atoms with Gasteiger partial charge in [-0.25, -0.2) is 0 Å². The average Bonchev–Trinajstić information content (AvgIpc) is 2.97. The van der Waals surface area contributed by atoms with Gasteiger partial charge in [-0.1, -0.05) is 42.5 Å². The van der Waals surface area contributed by atoms with Crippen molar-refractivity contribution >= 4 is 34.5 Å². The number of rotatable bonds is 1. The van der Waals surface area contributed by atoms with Gasteiger partial charge in [0.15, 0.2) is 0 Å². The van der Waals surface area contributed by atoms with Gasteiger partial charge in [0, 0.05) is 24.9 Å². The maximum absolute atomic E-state index is 5.75. The van der Waals surface area contributed by atoms with Gasteiger partial charge >= 0.3 is 0 Å². The molecule has 0 saturated carbocycles. The standard InChI is InChI=1S/C16H14N2S2/c19-15-13(12-5-2-1-3-6-12)11-20-16-14-7-4-8-17(14)9-10-18(15)16/h1-8,11,16H,9-10H2. The first kappa shape index (κ1) is 12.2. The molecule has 4 heteroatoms. The zero-order valence-corrected chi connectivity index (χ0v) is 12.5. The number of benzene rings is 1. The number of fused-ring (bicyclic) bond motifs is 3. The van der Waals surface area contributed by atoms with Gasteiger partial charge < -0.3 is 9.47 Å². The van der Waals surface area contributed by atoms with Crippen LogP contribution in [0.25, 0.3) is 5.57 Å². The molecule has 0 N–H and O–H groups in total. The molecule has 1 aromatic heterocycles. The molecule has 0 amide bonds. The van der Waals surface area contributed by atoms with Crippen molar-refractivity contribution < 1.29 is 0 Å². The van der Waals surface area contributed by atoms with Crippen LogP contribution < -0.4 is 0 Å². The number of hydrogen-bond acceptors (Lipinski definition) is 2. The highest BCUT2D eigenvalue weighted by Crippen LogP contribution is 2.43. The molecule has 0 radical (unpaired) electrons. The van der Waals surface area contributed by atoms with E-state index in [9.17, 15) is 0 Å². The lowest BCUT2D eigenvalue weighted by Crippen LogP contribution is -2.41. The van der Waals surface area contributed by atoms with Gasteiger partial charge in [0.1, 0.15) is 10.4 Å². The van der Waals surface area contributed by atoms with Gasteiger partial charge in [0.05, 0.1) is 5.69 Å². The number of hydrogen-bond donors (Lipinski definition) is 0. The predicted octanol–water partition coefficient (Wildman–Crippen LogP) is 3.92. The van der Waals surface area contributed by atoms with Crippen molar-refractivity contribution in [1.82, 2.24) is 9.47 Å². The van der Waals surface area contributed by atoms with Crippen LogP contribution in [0.4, 0.5) is 0 Å². The molecule has 2 aromatic rings. The third-order valence-electron chi connectivity index (χ3n) is 3.87. The van der Waals surface area contributed by atoms with Crippen molar-refractivity contribution in [1.29, 1.82) is 0 Å². The molecule has 3 heterocycles. The van der Waals surface area contributed by atoms with E-state index in [0.717, 1.165) is 18.1 Å². The van der Waals surface area contributed by atoms with E-state index >= 15 is 0 Å². The molecule has 1 atom stereocenters. The average molecular weight is 298 g/mol. The Bertz CT molecular complexity index is 688. The zero-order valence-electron chi connectivity index (χ0n) is 10.9. The van der Waals surface area contributed by atoms with E-state index in [1.165, 1.54) is 16.8 Å². The lowest BCUT2D eigenvalue weighted by molar-refractivity contribution is 0.335. The van der Waals surface area contributed by atoms with Crippen LogP contribution in [-0.4, -0.2) is 21.0 Å². The summed E-state index contributed by atoms with van der Waals surface area (Å²) in [4.78, 5) is 3.34. The van der Waals surface area contributed by atoms with Crippen molar-refractivity contribution in [3.63, 3.8) is 0 Å². The molecular weight excluding hydrogens is 284 g/mol. The van der Waals surface area contributed by atoms with E-state index in [0.29, 0.717) is 5.37 Å². The summed E-state index contributed by atoms with van der Waals surface area (Å²) in [6.45, 7) is 2.00. The highest BCUT2D eigenvalue weighted by atomic mass is 32.2. The molecule has 2 aliphatic heterocycles. The molecule has 100 valence electrons. The van der Waals surface area contributed by atoms with E-state index < -0.39 is 0 Å². The molecule has 0 aliphatic carbocycles. The van der Waals surface area contributed by atoms with Crippen molar-refractivity contribution in [3.8, 4) is 0 Å². The van der Waals surface area contributed by atoms with E-state index in [1.807, 2.05) is 17.8 Å². The van der Waals surface area contributed by atoms with Crippen LogP contribution in [0.5, 0.6) is 0 Å². The van der Waals surface area contributed by atoms with E-state index in [1.54, 1.807) is 0 Å². The largest absolute Gasteiger partial charge is 0.347 e. The van der Waals surface area contributed by atoms with Crippen LogP contribution in [0.2, 0.25) is 0 Å². The monoisotopic (exact) mass is 298 g/mol. The number of thiocarbonyl (C=S) groups is 1. The summed E-state index contributed by atoms with van der Waals surface area (Å²) in [7, 11) is 0. The number of nitrogens with zero attached hydrogens (tertiary/aromatic N) is 2. The highest BCUT2D eigenvalue weighted by Gasteiger charge is 2.33. The predicted molar refractivity (Wildman–Crippen MR) is 88.5 cm³/mol. The molecule has 4 rings (SSSR count). The van der Waals surface area contributed by atoms with Crippen LogP contribution in [0.3, 0.4) is 0 Å². The fraction of sp³-hybridized carbons (Fsp3) is 0.188. The summed E-state index contributed by atoms with van der Waals surface area (Å²) in [5.41, 5.74) is 3.75. The van der Waals surface area contributed by atoms with Crippen LogP contribution in [0.1, 0.15) is 16.6 Å². The second kappa shape index (κ2) is 4.79. The third kappa shape index (κ3) is 1.83. The lowest BCUT2D eigenvalue weighted by Gasteiger charge is -2.41. The fourth-order valence-electron chi connectivity index (χ4n) is 2.85. The molecule has 0 saturated heterocycles. The maximum atomic E-state index is 5.75.